The predicted octanol–water partition coefficient (Wildman–Crippen LogP) is 3.25. The summed E-state index contributed by atoms with van der Waals surface area (Å²) < 4.78 is 12.9. The molecule has 1 aliphatic rings. The zero-order chi connectivity index (χ0) is 13.1. The van der Waals surface area contributed by atoms with Gasteiger partial charge in [-0.3, -0.25) is 5.10 Å². The summed E-state index contributed by atoms with van der Waals surface area (Å²) >= 11 is 0. The summed E-state index contributed by atoms with van der Waals surface area (Å²) in [5.74, 6) is -0.214. The van der Waals surface area contributed by atoms with E-state index in [1.54, 1.807) is 12.1 Å². The van der Waals surface area contributed by atoms with Gasteiger partial charge in [0.15, 0.2) is 0 Å². The average Bonchev–Trinajstić information content (AvgIpc) is 3.08. The Morgan fingerprint density at radius 3 is 2.68 bits per heavy atom. The largest absolute Gasteiger partial charge is 0.310 e. The van der Waals surface area contributed by atoms with Crippen LogP contribution in [0.5, 0.6) is 0 Å². The molecule has 3 nitrogen and oxygen atoms in total. The van der Waals surface area contributed by atoms with Gasteiger partial charge in [0.1, 0.15) is 5.82 Å². The summed E-state index contributed by atoms with van der Waals surface area (Å²) in [6.45, 7) is 0.813. The number of nitrogens with one attached hydrogen (secondary N) is 2. The zero-order valence-electron chi connectivity index (χ0n) is 10.8. The topological polar surface area (TPSA) is 40.7 Å². The Hall–Kier alpha value is -1.68. The maximum Gasteiger partial charge on any atom is 0.123 e. The van der Waals surface area contributed by atoms with Gasteiger partial charge in [0.25, 0.3) is 0 Å². The Kier molecular flexibility index (Phi) is 3.60. The molecular formula is C15H18FN3. The number of hydrogen-bond acceptors (Lipinski definition) is 2. The molecule has 0 bridgehead atoms. The smallest absolute Gasteiger partial charge is 0.123 e. The molecule has 0 radical (unpaired) electrons. The lowest BCUT2D eigenvalue weighted by atomic mass is 10.1. The number of H-pyrrole nitrogens is 1. The molecule has 0 saturated heterocycles. The molecule has 4 heteroatoms. The Labute approximate surface area is 112 Å². The predicted molar refractivity (Wildman–Crippen MR) is 73.1 cm³/mol. The minimum absolute atomic E-state index is 0.214. The maximum atomic E-state index is 12.9. The molecule has 1 aromatic heterocycles. The van der Waals surface area contributed by atoms with E-state index < -0.39 is 0 Å². The van der Waals surface area contributed by atoms with Gasteiger partial charge in [-0.15, -0.1) is 0 Å². The third kappa shape index (κ3) is 2.84. The van der Waals surface area contributed by atoms with Crippen molar-refractivity contribution in [3.63, 3.8) is 0 Å². The quantitative estimate of drug-likeness (QED) is 0.885. The van der Waals surface area contributed by atoms with E-state index in [-0.39, 0.29) is 5.82 Å². The van der Waals surface area contributed by atoms with Crippen molar-refractivity contribution in [1.29, 1.82) is 0 Å². The highest BCUT2D eigenvalue weighted by Crippen LogP contribution is 2.23. The highest BCUT2D eigenvalue weighted by molar-refractivity contribution is 5.62. The van der Waals surface area contributed by atoms with Crippen LogP contribution in [0.15, 0.2) is 30.5 Å². The molecule has 0 unspecified atom stereocenters. The van der Waals surface area contributed by atoms with Crippen molar-refractivity contribution >= 4 is 0 Å². The van der Waals surface area contributed by atoms with Crippen LogP contribution in [0.4, 0.5) is 4.39 Å². The molecule has 1 heterocycles. The van der Waals surface area contributed by atoms with Crippen LogP contribution in [0, 0.1) is 5.82 Å². The summed E-state index contributed by atoms with van der Waals surface area (Å²) in [4.78, 5) is 0. The van der Waals surface area contributed by atoms with E-state index in [9.17, 15) is 4.39 Å². The maximum absolute atomic E-state index is 12.9. The number of benzene rings is 1. The van der Waals surface area contributed by atoms with Crippen molar-refractivity contribution in [3.8, 4) is 11.3 Å². The number of hydrogen-bond donors (Lipinski definition) is 2. The molecule has 1 fully saturated rings. The SMILES string of the molecule is Fc1ccc(-c2[nH]ncc2CNC2CCCC2)cc1. The number of halogens is 1. The van der Waals surface area contributed by atoms with Gasteiger partial charge in [-0.05, 0) is 37.1 Å². The molecule has 3 rings (SSSR count). The van der Waals surface area contributed by atoms with Crippen molar-refractivity contribution in [1.82, 2.24) is 15.5 Å². The van der Waals surface area contributed by atoms with Gasteiger partial charge in [-0.25, -0.2) is 4.39 Å². The fraction of sp³-hybridized carbons (Fsp3) is 0.400. The lowest BCUT2D eigenvalue weighted by molar-refractivity contribution is 0.525. The first-order valence-corrected chi connectivity index (χ1v) is 6.84. The third-order valence-electron chi connectivity index (χ3n) is 3.79. The van der Waals surface area contributed by atoms with Crippen LogP contribution in [0.25, 0.3) is 11.3 Å². The third-order valence-corrected chi connectivity index (χ3v) is 3.79. The number of nitrogens with zero attached hydrogens (tertiary/aromatic N) is 1. The Balaban J connectivity index is 1.72. The molecule has 2 aromatic rings. The van der Waals surface area contributed by atoms with Gasteiger partial charge >= 0.3 is 0 Å². The molecule has 19 heavy (non-hydrogen) atoms. The van der Waals surface area contributed by atoms with Gasteiger partial charge in [0.05, 0.1) is 11.9 Å². The van der Waals surface area contributed by atoms with Crippen molar-refractivity contribution < 1.29 is 4.39 Å². The fourth-order valence-corrected chi connectivity index (χ4v) is 2.70. The lowest BCUT2D eigenvalue weighted by Gasteiger charge is -2.11. The van der Waals surface area contributed by atoms with Gasteiger partial charge < -0.3 is 5.32 Å². The molecule has 100 valence electrons. The van der Waals surface area contributed by atoms with Crippen LogP contribution in [0.1, 0.15) is 31.2 Å². The van der Waals surface area contributed by atoms with Crippen LogP contribution in [-0.2, 0) is 6.54 Å². The van der Waals surface area contributed by atoms with Crippen molar-refractivity contribution in [2.24, 2.45) is 0 Å². The highest BCUT2D eigenvalue weighted by atomic mass is 19.1. The summed E-state index contributed by atoms with van der Waals surface area (Å²) in [6.07, 6.45) is 7.04. The van der Waals surface area contributed by atoms with E-state index in [0.717, 1.165) is 23.4 Å². The van der Waals surface area contributed by atoms with E-state index in [0.29, 0.717) is 6.04 Å². The van der Waals surface area contributed by atoms with Crippen LogP contribution in [-0.4, -0.2) is 16.2 Å². The Morgan fingerprint density at radius 1 is 1.21 bits per heavy atom. The van der Waals surface area contributed by atoms with Crippen LogP contribution in [0.3, 0.4) is 0 Å². The summed E-state index contributed by atoms with van der Waals surface area (Å²) in [6, 6.07) is 7.15. The van der Waals surface area contributed by atoms with Gasteiger partial charge in [-0.1, -0.05) is 12.8 Å². The molecular weight excluding hydrogens is 241 g/mol. The lowest BCUT2D eigenvalue weighted by Crippen LogP contribution is -2.25. The zero-order valence-corrected chi connectivity index (χ0v) is 10.8. The van der Waals surface area contributed by atoms with Gasteiger partial charge in [0.2, 0.25) is 0 Å². The second-order valence-corrected chi connectivity index (χ2v) is 5.14. The van der Waals surface area contributed by atoms with Gasteiger partial charge in [-0.2, -0.15) is 5.10 Å². The first-order chi connectivity index (χ1) is 9.33. The van der Waals surface area contributed by atoms with Gasteiger partial charge in [0, 0.05) is 23.7 Å². The molecule has 1 saturated carbocycles. The summed E-state index contributed by atoms with van der Waals surface area (Å²) in [7, 11) is 0. The van der Waals surface area contributed by atoms with E-state index in [1.165, 1.54) is 37.8 Å². The van der Waals surface area contributed by atoms with Crippen LogP contribution >= 0.6 is 0 Å². The monoisotopic (exact) mass is 259 g/mol. The van der Waals surface area contributed by atoms with E-state index in [2.05, 4.69) is 15.5 Å². The molecule has 0 amide bonds. The second-order valence-electron chi connectivity index (χ2n) is 5.14. The summed E-state index contributed by atoms with van der Waals surface area (Å²) in [5, 5.41) is 10.7. The normalized spacial score (nSPS) is 16.1. The standard InChI is InChI=1S/C15H18FN3/c16-13-7-5-11(6-8-13)15-12(10-18-19-15)9-17-14-3-1-2-4-14/h5-8,10,14,17H,1-4,9H2,(H,18,19). The minimum Gasteiger partial charge on any atom is -0.310 e. The minimum atomic E-state index is -0.214. The number of rotatable bonds is 4. The molecule has 0 aliphatic heterocycles. The molecule has 2 N–H and O–H groups in total. The Morgan fingerprint density at radius 2 is 1.95 bits per heavy atom. The first-order valence-electron chi connectivity index (χ1n) is 6.84. The average molecular weight is 259 g/mol. The summed E-state index contributed by atoms with van der Waals surface area (Å²) in [5.41, 5.74) is 3.09. The van der Waals surface area contributed by atoms with E-state index in [4.69, 9.17) is 0 Å². The van der Waals surface area contributed by atoms with E-state index >= 15 is 0 Å². The molecule has 0 spiro atoms. The Bertz CT molecular complexity index is 527. The van der Waals surface area contributed by atoms with E-state index in [1.807, 2.05) is 6.20 Å². The molecule has 1 aliphatic carbocycles. The van der Waals surface area contributed by atoms with Crippen LogP contribution < -0.4 is 5.32 Å². The van der Waals surface area contributed by atoms with Crippen molar-refractivity contribution in [3.05, 3.63) is 41.8 Å². The van der Waals surface area contributed by atoms with Crippen molar-refractivity contribution in [2.75, 3.05) is 0 Å². The molecule has 1 aromatic carbocycles. The first kappa shape index (κ1) is 12.4. The number of aromatic nitrogens is 2. The number of aromatic amines is 1. The molecule has 0 atom stereocenters. The second kappa shape index (κ2) is 5.53. The highest BCUT2D eigenvalue weighted by Gasteiger charge is 2.15. The van der Waals surface area contributed by atoms with Crippen molar-refractivity contribution in [2.45, 2.75) is 38.3 Å². The van der Waals surface area contributed by atoms with Crippen LogP contribution in [0.2, 0.25) is 0 Å². The fourth-order valence-electron chi connectivity index (χ4n) is 2.70.